The minimum absolute atomic E-state index is 0.144. The molecule has 1 amide bonds. The van der Waals surface area contributed by atoms with E-state index in [2.05, 4.69) is 15.5 Å². The molecule has 3 aromatic rings. The van der Waals surface area contributed by atoms with Crippen LogP contribution in [0.2, 0.25) is 0 Å². The highest BCUT2D eigenvalue weighted by Gasteiger charge is 2.22. The maximum Gasteiger partial charge on any atom is 0.335 e. The molecule has 28 heavy (non-hydrogen) atoms. The summed E-state index contributed by atoms with van der Waals surface area (Å²) in [7, 11) is -3.69. The van der Waals surface area contributed by atoms with Gasteiger partial charge in [0.15, 0.2) is 0 Å². The Labute approximate surface area is 163 Å². The first-order valence-electron chi connectivity index (χ1n) is 8.88. The molecule has 3 rings (SSSR count). The van der Waals surface area contributed by atoms with E-state index in [-0.39, 0.29) is 22.8 Å². The first-order valence-corrected chi connectivity index (χ1v) is 10.5. The predicted molar refractivity (Wildman–Crippen MR) is 103 cm³/mol. The van der Waals surface area contributed by atoms with Crippen LogP contribution in [0.5, 0.6) is 0 Å². The monoisotopic (exact) mass is 399 g/mol. The molecule has 0 radical (unpaired) electrons. The van der Waals surface area contributed by atoms with Crippen molar-refractivity contribution in [2.24, 2.45) is 0 Å². The second-order valence-electron chi connectivity index (χ2n) is 6.38. The summed E-state index contributed by atoms with van der Waals surface area (Å²) in [5.41, 5.74) is 2.20. The van der Waals surface area contributed by atoms with E-state index in [1.807, 2.05) is 31.2 Å². The van der Waals surface area contributed by atoms with Gasteiger partial charge in [-0.05, 0) is 30.5 Å². The molecule has 0 aliphatic heterocycles. The fourth-order valence-electron chi connectivity index (χ4n) is 2.68. The van der Waals surface area contributed by atoms with Crippen molar-refractivity contribution in [3.63, 3.8) is 0 Å². The molecular formula is C20H21N3O4S. The minimum Gasteiger partial charge on any atom is -0.413 e. The van der Waals surface area contributed by atoms with E-state index in [9.17, 15) is 13.2 Å². The van der Waals surface area contributed by atoms with Gasteiger partial charge in [-0.25, -0.2) is 8.42 Å². The van der Waals surface area contributed by atoms with Gasteiger partial charge in [0.05, 0.1) is 5.75 Å². The maximum absolute atomic E-state index is 12.4. The lowest BCUT2D eigenvalue weighted by Gasteiger charge is -2.06. The molecule has 1 N–H and O–H groups in total. The molecule has 0 atom stereocenters. The lowest BCUT2D eigenvalue weighted by atomic mass is 10.1. The third-order valence-electron chi connectivity index (χ3n) is 4.16. The maximum atomic E-state index is 12.4. The van der Waals surface area contributed by atoms with Crippen molar-refractivity contribution in [2.75, 3.05) is 6.54 Å². The Bertz CT molecular complexity index is 1050. The number of nitrogens with one attached hydrogen (secondary N) is 1. The Kier molecular flexibility index (Phi) is 6.20. The summed E-state index contributed by atoms with van der Waals surface area (Å²) in [6, 6.07) is 16.2. The number of carbonyl (C=O) groups excluding carboxylic acids is 1. The van der Waals surface area contributed by atoms with E-state index >= 15 is 0 Å². The fourth-order valence-corrected chi connectivity index (χ4v) is 3.83. The fraction of sp³-hybridized carbons (Fsp3) is 0.250. The van der Waals surface area contributed by atoms with E-state index in [1.165, 1.54) is 0 Å². The van der Waals surface area contributed by atoms with Gasteiger partial charge >= 0.3 is 5.22 Å². The molecule has 0 aliphatic carbocycles. The van der Waals surface area contributed by atoms with E-state index < -0.39 is 9.84 Å². The largest absolute Gasteiger partial charge is 0.413 e. The Balaban J connectivity index is 1.51. The van der Waals surface area contributed by atoms with Gasteiger partial charge in [0.2, 0.25) is 15.7 Å². The van der Waals surface area contributed by atoms with Crippen molar-refractivity contribution in [2.45, 2.75) is 30.7 Å². The first kappa shape index (κ1) is 19.8. The number of aryl methyl sites for hydroxylation is 2. The number of carbonyl (C=O) groups is 1. The average molecular weight is 399 g/mol. The summed E-state index contributed by atoms with van der Waals surface area (Å²) in [6.45, 7) is 2.30. The van der Waals surface area contributed by atoms with Crippen LogP contribution in [0.1, 0.15) is 33.8 Å². The number of amides is 1. The summed E-state index contributed by atoms with van der Waals surface area (Å²) >= 11 is 0. The van der Waals surface area contributed by atoms with Crippen molar-refractivity contribution < 1.29 is 17.6 Å². The zero-order chi connectivity index (χ0) is 20.0. The first-order chi connectivity index (χ1) is 13.5. The van der Waals surface area contributed by atoms with Crippen molar-refractivity contribution in [1.82, 2.24) is 15.5 Å². The summed E-state index contributed by atoms with van der Waals surface area (Å²) in [4.78, 5) is 12.1. The molecule has 8 heteroatoms. The van der Waals surface area contributed by atoms with Crippen LogP contribution < -0.4 is 5.32 Å². The van der Waals surface area contributed by atoms with Gasteiger partial charge in [0, 0.05) is 18.5 Å². The Morgan fingerprint density at radius 1 is 1.04 bits per heavy atom. The van der Waals surface area contributed by atoms with E-state index in [4.69, 9.17) is 4.42 Å². The van der Waals surface area contributed by atoms with E-state index in [0.29, 0.717) is 30.5 Å². The summed E-state index contributed by atoms with van der Waals surface area (Å²) < 4.78 is 30.0. The highest BCUT2D eigenvalue weighted by molar-refractivity contribution is 7.90. The number of aromatic nitrogens is 2. The number of benzene rings is 2. The van der Waals surface area contributed by atoms with Gasteiger partial charge in [0.1, 0.15) is 0 Å². The molecule has 0 unspecified atom stereocenters. The molecular weight excluding hydrogens is 378 g/mol. The lowest BCUT2D eigenvalue weighted by Crippen LogP contribution is -2.25. The predicted octanol–water partition coefficient (Wildman–Crippen LogP) is 2.71. The third kappa shape index (κ3) is 5.04. The van der Waals surface area contributed by atoms with Crippen molar-refractivity contribution in [3.05, 3.63) is 77.2 Å². The molecule has 0 fully saturated rings. The van der Waals surface area contributed by atoms with E-state index in [0.717, 1.165) is 5.56 Å². The van der Waals surface area contributed by atoms with Gasteiger partial charge in [-0.1, -0.05) is 53.6 Å². The molecule has 0 saturated heterocycles. The van der Waals surface area contributed by atoms with Crippen LogP contribution in [0, 0.1) is 6.92 Å². The van der Waals surface area contributed by atoms with Crippen LogP contribution in [0.25, 0.3) is 0 Å². The van der Waals surface area contributed by atoms with Crippen LogP contribution >= 0.6 is 0 Å². The topological polar surface area (TPSA) is 102 Å². The average Bonchev–Trinajstić information content (AvgIpc) is 3.16. The van der Waals surface area contributed by atoms with Crippen LogP contribution in [0.15, 0.2) is 64.2 Å². The minimum atomic E-state index is -3.69. The third-order valence-corrected chi connectivity index (χ3v) is 5.57. The van der Waals surface area contributed by atoms with Crippen LogP contribution in [0.3, 0.4) is 0 Å². The Hall–Kier alpha value is -3.00. The quantitative estimate of drug-likeness (QED) is 0.584. The van der Waals surface area contributed by atoms with Crippen LogP contribution in [0.4, 0.5) is 0 Å². The number of hydrogen-bond donors (Lipinski definition) is 1. The second kappa shape index (κ2) is 8.79. The van der Waals surface area contributed by atoms with Crippen LogP contribution in [-0.4, -0.2) is 31.1 Å². The number of hydrogen-bond acceptors (Lipinski definition) is 6. The highest BCUT2D eigenvalue weighted by Crippen LogP contribution is 2.15. The zero-order valence-corrected chi connectivity index (χ0v) is 16.3. The van der Waals surface area contributed by atoms with E-state index in [1.54, 1.807) is 30.3 Å². The smallest absolute Gasteiger partial charge is 0.335 e. The zero-order valence-electron chi connectivity index (χ0n) is 15.5. The molecule has 1 aromatic heterocycles. The molecule has 146 valence electrons. The van der Waals surface area contributed by atoms with Gasteiger partial charge in [-0.15, -0.1) is 5.10 Å². The Morgan fingerprint density at radius 3 is 2.50 bits per heavy atom. The highest BCUT2D eigenvalue weighted by atomic mass is 32.2. The molecule has 0 bridgehead atoms. The molecule has 2 aromatic carbocycles. The van der Waals surface area contributed by atoms with Crippen molar-refractivity contribution in [1.29, 1.82) is 0 Å². The number of nitrogens with zero attached hydrogens (tertiary/aromatic N) is 2. The van der Waals surface area contributed by atoms with Crippen LogP contribution in [-0.2, 0) is 22.0 Å². The van der Waals surface area contributed by atoms with Gasteiger partial charge in [0.25, 0.3) is 5.91 Å². The van der Waals surface area contributed by atoms with Crippen molar-refractivity contribution in [3.8, 4) is 0 Å². The summed E-state index contributed by atoms with van der Waals surface area (Å²) in [5.74, 6) is -0.103. The lowest BCUT2D eigenvalue weighted by molar-refractivity contribution is 0.0952. The SMILES string of the molecule is Cc1ccccc1C(=O)NCCCc1nnc(S(=O)(=O)Cc2ccccc2)o1. The molecule has 0 spiro atoms. The summed E-state index contributed by atoms with van der Waals surface area (Å²) in [6.07, 6.45) is 0.930. The normalized spacial score (nSPS) is 11.3. The molecule has 0 saturated carbocycles. The number of sulfone groups is 1. The van der Waals surface area contributed by atoms with Gasteiger partial charge in [-0.2, -0.15) is 0 Å². The molecule has 7 nitrogen and oxygen atoms in total. The van der Waals surface area contributed by atoms with Crippen molar-refractivity contribution >= 4 is 15.7 Å². The number of rotatable bonds is 8. The Morgan fingerprint density at radius 2 is 1.75 bits per heavy atom. The van der Waals surface area contributed by atoms with Gasteiger partial charge in [-0.3, -0.25) is 4.79 Å². The molecule has 1 heterocycles. The van der Waals surface area contributed by atoms with Gasteiger partial charge < -0.3 is 9.73 Å². The second-order valence-corrected chi connectivity index (χ2v) is 8.25. The summed E-state index contributed by atoms with van der Waals surface area (Å²) in [5, 5.41) is 9.92. The standard InChI is InChI=1S/C20H21N3O4S/c1-15-8-5-6-11-17(15)19(24)21-13-7-12-18-22-23-20(27-18)28(25,26)14-16-9-3-2-4-10-16/h2-6,8-11H,7,12-14H2,1H3,(H,21,24). The molecule has 0 aliphatic rings.